The number of urea groups is 1. The first-order chi connectivity index (χ1) is 11.2. The van der Waals surface area contributed by atoms with Crippen LogP contribution in [0.15, 0.2) is 41.8 Å². The number of thiophene rings is 1. The molecular formula is C18H24N2O2S. The van der Waals surface area contributed by atoms with E-state index in [4.69, 9.17) is 0 Å². The van der Waals surface area contributed by atoms with E-state index in [0.717, 1.165) is 22.4 Å². The molecule has 1 aromatic carbocycles. The van der Waals surface area contributed by atoms with Gasteiger partial charge in [0.05, 0.1) is 12.6 Å². The van der Waals surface area contributed by atoms with Crippen molar-refractivity contribution in [1.29, 1.82) is 0 Å². The van der Waals surface area contributed by atoms with Gasteiger partial charge in [0.2, 0.25) is 0 Å². The van der Waals surface area contributed by atoms with Crippen LogP contribution in [-0.2, 0) is 6.54 Å². The molecule has 0 radical (unpaired) electrons. The monoisotopic (exact) mass is 332 g/mol. The zero-order valence-corrected chi connectivity index (χ0v) is 14.5. The lowest BCUT2D eigenvalue weighted by molar-refractivity contribution is 0.170. The van der Waals surface area contributed by atoms with Gasteiger partial charge in [0, 0.05) is 18.0 Å². The number of hydrogen-bond acceptors (Lipinski definition) is 3. The number of aliphatic hydroxyl groups is 1. The van der Waals surface area contributed by atoms with Gasteiger partial charge in [0.25, 0.3) is 0 Å². The molecule has 1 atom stereocenters. The summed E-state index contributed by atoms with van der Waals surface area (Å²) in [6.07, 6.45) is 0.837. The van der Waals surface area contributed by atoms with Crippen molar-refractivity contribution in [2.75, 3.05) is 13.2 Å². The predicted molar refractivity (Wildman–Crippen MR) is 94.6 cm³/mol. The summed E-state index contributed by atoms with van der Waals surface area (Å²) in [6, 6.07) is 11.9. The summed E-state index contributed by atoms with van der Waals surface area (Å²) < 4.78 is 0. The summed E-state index contributed by atoms with van der Waals surface area (Å²) in [4.78, 5) is 15.4. The van der Waals surface area contributed by atoms with Crippen molar-refractivity contribution >= 4 is 17.4 Å². The van der Waals surface area contributed by atoms with Crippen molar-refractivity contribution in [2.24, 2.45) is 0 Å². The molecule has 1 aromatic heterocycles. The molecule has 2 aromatic rings. The van der Waals surface area contributed by atoms with E-state index in [1.54, 1.807) is 16.2 Å². The van der Waals surface area contributed by atoms with Gasteiger partial charge in [0.15, 0.2) is 0 Å². The fourth-order valence-electron chi connectivity index (χ4n) is 2.47. The molecule has 5 heteroatoms. The molecular weight excluding hydrogens is 308 g/mol. The third-order valence-electron chi connectivity index (χ3n) is 3.87. The summed E-state index contributed by atoms with van der Waals surface area (Å²) in [5.41, 5.74) is 2.24. The minimum atomic E-state index is -0.137. The average molecular weight is 332 g/mol. The molecule has 2 N–H and O–H groups in total. The molecule has 0 aliphatic heterocycles. The lowest BCUT2D eigenvalue weighted by Gasteiger charge is -2.26. The molecule has 2 amide bonds. The van der Waals surface area contributed by atoms with Crippen LogP contribution in [0.1, 0.15) is 35.4 Å². The van der Waals surface area contributed by atoms with E-state index in [2.05, 4.69) is 12.2 Å². The zero-order chi connectivity index (χ0) is 16.7. The number of hydrogen-bond donors (Lipinski definition) is 2. The fourth-order valence-corrected chi connectivity index (χ4v) is 3.33. The highest BCUT2D eigenvalue weighted by molar-refractivity contribution is 7.10. The van der Waals surface area contributed by atoms with Gasteiger partial charge in [0.1, 0.15) is 0 Å². The third-order valence-corrected chi connectivity index (χ3v) is 4.86. The van der Waals surface area contributed by atoms with Crippen LogP contribution in [0.5, 0.6) is 0 Å². The van der Waals surface area contributed by atoms with Gasteiger partial charge < -0.3 is 15.3 Å². The molecule has 0 saturated carbocycles. The fraction of sp³-hybridized carbons (Fsp3) is 0.389. The normalized spacial score (nSPS) is 12.0. The highest BCUT2D eigenvalue weighted by atomic mass is 32.1. The largest absolute Gasteiger partial charge is 0.395 e. The third kappa shape index (κ3) is 4.81. The Morgan fingerprint density at radius 1 is 1.30 bits per heavy atom. The first-order valence-corrected chi connectivity index (χ1v) is 8.77. The van der Waals surface area contributed by atoms with Crippen molar-refractivity contribution in [3.8, 4) is 0 Å². The number of carbonyl (C=O) groups is 1. The van der Waals surface area contributed by atoms with Crippen LogP contribution in [0.25, 0.3) is 0 Å². The quantitative estimate of drug-likeness (QED) is 0.812. The molecule has 23 heavy (non-hydrogen) atoms. The number of benzene rings is 1. The Kier molecular flexibility index (Phi) is 6.62. The molecule has 1 unspecified atom stereocenters. The van der Waals surface area contributed by atoms with Crippen LogP contribution in [0.3, 0.4) is 0 Å². The van der Waals surface area contributed by atoms with Gasteiger partial charge in [-0.05, 0) is 35.9 Å². The van der Waals surface area contributed by atoms with Crippen LogP contribution in [-0.4, -0.2) is 29.2 Å². The van der Waals surface area contributed by atoms with Gasteiger partial charge in [-0.2, -0.15) is 0 Å². The van der Waals surface area contributed by atoms with Crippen LogP contribution in [0, 0.1) is 6.92 Å². The van der Waals surface area contributed by atoms with E-state index < -0.39 is 0 Å². The highest BCUT2D eigenvalue weighted by Gasteiger charge is 2.19. The van der Waals surface area contributed by atoms with Gasteiger partial charge in [-0.3, -0.25) is 0 Å². The summed E-state index contributed by atoms with van der Waals surface area (Å²) >= 11 is 1.65. The second-order valence-electron chi connectivity index (χ2n) is 5.50. The molecule has 1 heterocycles. The Bertz CT molecular complexity index is 613. The molecule has 0 aliphatic carbocycles. The van der Waals surface area contributed by atoms with E-state index in [9.17, 15) is 9.90 Å². The van der Waals surface area contributed by atoms with E-state index in [1.165, 1.54) is 0 Å². The Balaban J connectivity index is 2.07. The van der Waals surface area contributed by atoms with Gasteiger partial charge in [-0.25, -0.2) is 4.79 Å². The predicted octanol–water partition coefficient (Wildman–Crippen LogP) is 3.71. The standard InChI is InChI=1S/C18H24N2O2S/c1-3-16(17-9-6-12-23-17)19-18(22)20(10-11-21)13-15-8-5-4-7-14(15)2/h4-9,12,16,21H,3,10-11,13H2,1-2H3,(H,19,22). The van der Waals surface area contributed by atoms with Crippen molar-refractivity contribution in [3.63, 3.8) is 0 Å². The Hall–Kier alpha value is -1.85. The summed E-state index contributed by atoms with van der Waals surface area (Å²) in [7, 11) is 0. The van der Waals surface area contributed by atoms with E-state index in [-0.39, 0.29) is 18.7 Å². The van der Waals surface area contributed by atoms with Gasteiger partial charge >= 0.3 is 6.03 Å². The number of nitrogens with zero attached hydrogens (tertiary/aromatic N) is 1. The SMILES string of the molecule is CCC(NC(=O)N(CCO)Cc1ccccc1C)c1cccs1. The lowest BCUT2D eigenvalue weighted by Crippen LogP contribution is -2.42. The zero-order valence-electron chi connectivity index (χ0n) is 13.7. The van der Waals surface area contributed by atoms with E-state index in [1.807, 2.05) is 48.7 Å². The van der Waals surface area contributed by atoms with Crippen molar-refractivity contribution < 1.29 is 9.90 Å². The molecule has 124 valence electrons. The van der Waals surface area contributed by atoms with E-state index in [0.29, 0.717) is 13.1 Å². The van der Waals surface area contributed by atoms with Crippen LogP contribution in [0.4, 0.5) is 4.79 Å². The van der Waals surface area contributed by atoms with Crippen molar-refractivity contribution in [1.82, 2.24) is 10.2 Å². The van der Waals surface area contributed by atoms with E-state index >= 15 is 0 Å². The molecule has 0 fully saturated rings. The Morgan fingerprint density at radius 3 is 2.70 bits per heavy atom. The number of amides is 2. The first-order valence-electron chi connectivity index (χ1n) is 7.90. The summed E-state index contributed by atoms with van der Waals surface area (Å²) in [6.45, 7) is 4.86. The van der Waals surface area contributed by atoms with Crippen LogP contribution in [0.2, 0.25) is 0 Å². The lowest BCUT2D eigenvalue weighted by atomic mass is 10.1. The van der Waals surface area contributed by atoms with Gasteiger partial charge in [-0.15, -0.1) is 11.3 Å². The molecule has 0 aliphatic rings. The van der Waals surface area contributed by atoms with Crippen molar-refractivity contribution in [3.05, 3.63) is 57.8 Å². The minimum absolute atomic E-state index is 0.0144. The highest BCUT2D eigenvalue weighted by Crippen LogP contribution is 2.22. The molecule has 0 spiro atoms. The minimum Gasteiger partial charge on any atom is -0.395 e. The molecule has 4 nitrogen and oxygen atoms in total. The topological polar surface area (TPSA) is 52.6 Å². The number of rotatable bonds is 7. The van der Waals surface area contributed by atoms with Crippen LogP contribution >= 0.6 is 11.3 Å². The van der Waals surface area contributed by atoms with Crippen LogP contribution < -0.4 is 5.32 Å². The van der Waals surface area contributed by atoms with Gasteiger partial charge in [-0.1, -0.05) is 37.3 Å². The Labute approximate surface area is 141 Å². The molecule has 0 bridgehead atoms. The maximum atomic E-state index is 12.6. The number of aliphatic hydroxyl groups excluding tert-OH is 1. The summed E-state index contributed by atoms with van der Waals surface area (Å²) in [5.74, 6) is 0. The number of aryl methyl sites for hydroxylation is 1. The summed E-state index contributed by atoms with van der Waals surface area (Å²) in [5, 5.41) is 14.4. The second kappa shape index (κ2) is 8.70. The first kappa shape index (κ1) is 17.5. The maximum Gasteiger partial charge on any atom is 0.318 e. The number of carbonyl (C=O) groups excluding carboxylic acids is 1. The van der Waals surface area contributed by atoms with Crippen molar-refractivity contribution in [2.45, 2.75) is 32.9 Å². The number of nitrogens with one attached hydrogen (secondary N) is 1. The second-order valence-corrected chi connectivity index (χ2v) is 6.48. The Morgan fingerprint density at radius 2 is 2.09 bits per heavy atom. The maximum absolute atomic E-state index is 12.6. The molecule has 0 saturated heterocycles. The molecule has 2 rings (SSSR count). The average Bonchev–Trinajstić information content (AvgIpc) is 3.08. The smallest absolute Gasteiger partial charge is 0.318 e.